The number of amides is 1. The van der Waals surface area contributed by atoms with Gasteiger partial charge in [-0.3, -0.25) is 9.59 Å². The molecule has 1 fully saturated rings. The summed E-state index contributed by atoms with van der Waals surface area (Å²) in [6, 6.07) is 0.217. The van der Waals surface area contributed by atoms with Crippen LogP contribution in [-0.4, -0.2) is 58.9 Å². The molecule has 1 aromatic heterocycles. The first-order valence-electron chi connectivity index (χ1n) is 7.50. The fourth-order valence-electron chi connectivity index (χ4n) is 2.77. The fraction of sp³-hybridized carbons (Fsp3) is 0.667. The van der Waals surface area contributed by atoms with Gasteiger partial charge < -0.3 is 14.8 Å². The van der Waals surface area contributed by atoms with Gasteiger partial charge in [-0.2, -0.15) is 0 Å². The van der Waals surface area contributed by atoms with Crippen LogP contribution in [0.25, 0.3) is 0 Å². The lowest BCUT2D eigenvalue weighted by Crippen LogP contribution is -2.46. The predicted molar refractivity (Wildman–Crippen MR) is 81.4 cm³/mol. The summed E-state index contributed by atoms with van der Waals surface area (Å²) in [6.45, 7) is 3.37. The number of carbonyl (C=O) groups excluding carboxylic acids is 1. The minimum atomic E-state index is -0.343. The van der Waals surface area contributed by atoms with E-state index in [4.69, 9.17) is 0 Å². The Hall–Kier alpha value is -1.69. The van der Waals surface area contributed by atoms with Gasteiger partial charge in [0.1, 0.15) is 11.4 Å². The summed E-state index contributed by atoms with van der Waals surface area (Å²) in [5.41, 5.74) is -0.193. The van der Waals surface area contributed by atoms with Crippen LogP contribution in [0, 0.1) is 6.92 Å². The zero-order valence-corrected chi connectivity index (χ0v) is 13.1. The van der Waals surface area contributed by atoms with Crippen LogP contribution in [-0.2, 0) is 0 Å². The maximum atomic E-state index is 12.6. The molecule has 1 atom stereocenters. The van der Waals surface area contributed by atoms with Crippen LogP contribution in [0.1, 0.15) is 41.9 Å². The van der Waals surface area contributed by atoms with E-state index in [0.29, 0.717) is 5.82 Å². The minimum Gasteiger partial charge on any atom is -0.335 e. The molecule has 0 aromatic carbocycles. The second-order valence-corrected chi connectivity index (χ2v) is 5.95. The smallest absolute Gasteiger partial charge is 0.263 e. The second kappa shape index (κ2) is 6.85. The SMILES string of the molecule is Cc1ncc(C(=O)N2CCCC[C@@H]2CCN(C)C)c(=O)[nH]1. The van der Waals surface area contributed by atoms with Crippen molar-refractivity contribution in [1.29, 1.82) is 0 Å². The first kappa shape index (κ1) is 15.7. The van der Waals surface area contributed by atoms with Gasteiger partial charge in [-0.05, 0) is 53.2 Å². The summed E-state index contributed by atoms with van der Waals surface area (Å²) in [6.07, 6.45) is 5.49. The number of piperidine rings is 1. The quantitative estimate of drug-likeness (QED) is 0.899. The highest BCUT2D eigenvalue weighted by molar-refractivity contribution is 5.93. The minimum absolute atomic E-state index is 0.150. The van der Waals surface area contributed by atoms with E-state index in [1.165, 1.54) is 6.20 Å². The van der Waals surface area contributed by atoms with Crippen molar-refractivity contribution in [3.63, 3.8) is 0 Å². The average molecular weight is 292 g/mol. The number of hydrogen-bond acceptors (Lipinski definition) is 4. The fourth-order valence-corrected chi connectivity index (χ4v) is 2.77. The van der Waals surface area contributed by atoms with E-state index in [1.54, 1.807) is 6.92 Å². The molecule has 1 amide bonds. The number of aryl methyl sites for hydroxylation is 1. The first-order chi connectivity index (χ1) is 9.99. The molecule has 0 aliphatic carbocycles. The average Bonchev–Trinajstić information content (AvgIpc) is 2.45. The van der Waals surface area contributed by atoms with E-state index >= 15 is 0 Å². The van der Waals surface area contributed by atoms with Gasteiger partial charge in [0.15, 0.2) is 0 Å². The lowest BCUT2D eigenvalue weighted by molar-refractivity contribution is 0.0589. The third-order valence-corrected chi connectivity index (χ3v) is 3.95. The van der Waals surface area contributed by atoms with Crippen molar-refractivity contribution in [1.82, 2.24) is 19.8 Å². The molecule has 2 rings (SSSR count). The molecule has 21 heavy (non-hydrogen) atoms. The Morgan fingerprint density at radius 3 is 2.90 bits per heavy atom. The number of nitrogens with one attached hydrogen (secondary N) is 1. The summed E-state index contributed by atoms with van der Waals surface area (Å²) in [5.74, 6) is 0.339. The highest BCUT2D eigenvalue weighted by Crippen LogP contribution is 2.21. The Kier molecular flexibility index (Phi) is 5.12. The van der Waals surface area contributed by atoms with Gasteiger partial charge in [0.05, 0.1) is 0 Å². The molecule has 6 nitrogen and oxygen atoms in total. The molecule has 1 aliphatic rings. The molecule has 1 saturated heterocycles. The monoisotopic (exact) mass is 292 g/mol. The molecule has 0 bridgehead atoms. The molecular formula is C15H24N4O2. The molecule has 116 valence electrons. The van der Waals surface area contributed by atoms with Crippen molar-refractivity contribution in [3.8, 4) is 0 Å². The number of carbonyl (C=O) groups is 1. The van der Waals surface area contributed by atoms with Crippen LogP contribution in [0.3, 0.4) is 0 Å². The summed E-state index contributed by atoms with van der Waals surface area (Å²) in [4.78, 5) is 35.2. The number of aromatic nitrogens is 2. The number of hydrogen-bond donors (Lipinski definition) is 1. The van der Waals surface area contributed by atoms with Gasteiger partial charge in [0.2, 0.25) is 0 Å². The van der Waals surface area contributed by atoms with Gasteiger partial charge in [0.25, 0.3) is 11.5 Å². The van der Waals surface area contributed by atoms with E-state index in [-0.39, 0.29) is 23.1 Å². The lowest BCUT2D eigenvalue weighted by atomic mass is 9.98. The summed E-state index contributed by atoms with van der Waals surface area (Å²) in [5, 5.41) is 0. The van der Waals surface area contributed by atoms with Gasteiger partial charge in [0, 0.05) is 18.8 Å². The number of nitrogens with zero attached hydrogens (tertiary/aromatic N) is 3. The van der Waals surface area contributed by atoms with Crippen LogP contribution in [0.4, 0.5) is 0 Å². The molecule has 1 aliphatic heterocycles. The molecule has 6 heteroatoms. The number of aromatic amines is 1. The molecule has 1 N–H and O–H groups in total. The van der Waals surface area contributed by atoms with Gasteiger partial charge in [-0.1, -0.05) is 0 Å². The summed E-state index contributed by atoms with van der Waals surface area (Å²) in [7, 11) is 4.06. The first-order valence-corrected chi connectivity index (χ1v) is 7.50. The molecule has 2 heterocycles. The maximum absolute atomic E-state index is 12.6. The molecule has 0 saturated carbocycles. The third kappa shape index (κ3) is 3.91. The summed E-state index contributed by atoms with van der Waals surface area (Å²) >= 11 is 0. The topological polar surface area (TPSA) is 69.3 Å². The lowest BCUT2D eigenvalue weighted by Gasteiger charge is -2.36. The zero-order valence-electron chi connectivity index (χ0n) is 13.1. The highest BCUT2D eigenvalue weighted by atomic mass is 16.2. The van der Waals surface area contributed by atoms with E-state index in [2.05, 4.69) is 14.9 Å². The van der Waals surface area contributed by atoms with Crippen LogP contribution >= 0.6 is 0 Å². The van der Waals surface area contributed by atoms with E-state index < -0.39 is 0 Å². The van der Waals surface area contributed by atoms with E-state index in [0.717, 1.165) is 38.8 Å². The van der Waals surface area contributed by atoms with Crippen LogP contribution in [0.5, 0.6) is 0 Å². The largest absolute Gasteiger partial charge is 0.335 e. The van der Waals surface area contributed by atoms with Crippen LogP contribution < -0.4 is 5.56 Å². The van der Waals surface area contributed by atoms with E-state index in [1.807, 2.05) is 19.0 Å². The molecule has 0 unspecified atom stereocenters. The third-order valence-electron chi connectivity index (χ3n) is 3.95. The Morgan fingerprint density at radius 1 is 1.48 bits per heavy atom. The van der Waals surface area contributed by atoms with Crippen LogP contribution in [0.15, 0.2) is 11.0 Å². The molecular weight excluding hydrogens is 268 g/mol. The van der Waals surface area contributed by atoms with Crippen molar-refractivity contribution < 1.29 is 4.79 Å². The Morgan fingerprint density at radius 2 is 2.24 bits per heavy atom. The van der Waals surface area contributed by atoms with Crippen molar-refractivity contribution >= 4 is 5.91 Å². The number of H-pyrrole nitrogens is 1. The molecule has 0 radical (unpaired) electrons. The summed E-state index contributed by atoms with van der Waals surface area (Å²) < 4.78 is 0. The zero-order chi connectivity index (χ0) is 15.4. The van der Waals surface area contributed by atoms with E-state index in [9.17, 15) is 9.59 Å². The van der Waals surface area contributed by atoms with Gasteiger partial charge in [-0.15, -0.1) is 0 Å². The number of likely N-dealkylation sites (tertiary alicyclic amines) is 1. The Labute approximate surface area is 125 Å². The Bertz CT molecular complexity index is 553. The molecule has 1 aromatic rings. The molecule has 0 spiro atoms. The van der Waals surface area contributed by atoms with Crippen LogP contribution in [0.2, 0.25) is 0 Å². The second-order valence-electron chi connectivity index (χ2n) is 5.95. The maximum Gasteiger partial charge on any atom is 0.263 e. The standard InChI is InChI=1S/C15H24N4O2/c1-11-16-10-13(14(20)17-11)15(21)19-8-5-4-6-12(19)7-9-18(2)3/h10,12H,4-9H2,1-3H3,(H,16,17,20)/t12-/m1/s1. The van der Waals surface area contributed by atoms with Gasteiger partial charge >= 0.3 is 0 Å². The van der Waals surface area contributed by atoms with Crippen molar-refractivity contribution in [2.24, 2.45) is 0 Å². The van der Waals surface area contributed by atoms with Crippen molar-refractivity contribution in [2.75, 3.05) is 27.2 Å². The predicted octanol–water partition coefficient (Wildman–Crippen LogP) is 1.02. The van der Waals surface area contributed by atoms with Gasteiger partial charge in [-0.25, -0.2) is 4.98 Å². The van der Waals surface area contributed by atoms with Crippen molar-refractivity contribution in [2.45, 2.75) is 38.6 Å². The Balaban J connectivity index is 2.16. The number of rotatable bonds is 4. The van der Waals surface area contributed by atoms with Crippen molar-refractivity contribution in [3.05, 3.63) is 27.9 Å². The highest BCUT2D eigenvalue weighted by Gasteiger charge is 2.28. The normalized spacial score (nSPS) is 19.0.